The molecule has 1 aliphatic heterocycles. The zero-order valence-electron chi connectivity index (χ0n) is 17.3. The van der Waals surface area contributed by atoms with Gasteiger partial charge in [0.2, 0.25) is 0 Å². The van der Waals surface area contributed by atoms with Crippen molar-refractivity contribution in [3.8, 4) is 16.3 Å². The average molecular weight is 447 g/mol. The van der Waals surface area contributed by atoms with Crippen LogP contribution < -0.4 is 0 Å². The highest BCUT2D eigenvalue weighted by Crippen LogP contribution is 2.47. The van der Waals surface area contributed by atoms with Crippen molar-refractivity contribution < 1.29 is 5.11 Å². The van der Waals surface area contributed by atoms with E-state index in [0.29, 0.717) is 11.1 Å². The molecule has 3 aromatic carbocycles. The number of benzene rings is 3. The fourth-order valence-corrected chi connectivity index (χ4v) is 6.67. The fraction of sp³-hybridized carbons (Fsp3) is 0.269. The third-order valence-electron chi connectivity index (χ3n) is 6.99. The topological polar surface area (TPSA) is 36.4 Å². The van der Waals surface area contributed by atoms with Crippen molar-refractivity contribution in [3.63, 3.8) is 0 Å². The normalized spacial score (nSPS) is 20.7. The summed E-state index contributed by atoms with van der Waals surface area (Å²) in [5.41, 5.74) is 7.55. The van der Waals surface area contributed by atoms with Crippen LogP contribution >= 0.6 is 22.9 Å². The van der Waals surface area contributed by atoms with Gasteiger partial charge in [-0.05, 0) is 72.8 Å². The summed E-state index contributed by atoms with van der Waals surface area (Å²) in [4.78, 5) is 7.44. The number of nitrogens with zero attached hydrogens (tertiary/aromatic N) is 2. The molecule has 0 unspecified atom stereocenters. The minimum Gasteiger partial charge on any atom is -0.506 e. The van der Waals surface area contributed by atoms with Gasteiger partial charge in [-0.1, -0.05) is 41.9 Å². The van der Waals surface area contributed by atoms with E-state index in [9.17, 15) is 5.11 Å². The second kappa shape index (κ2) is 7.33. The van der Waals surface area contributed by atoms with Gasteiger partial charge >= 0.3 is 0 Å². The highest BCUT2D eigenvalue weighted by Gasteiger charge is 2.37. The predicted molar refractivity (Wildman–Crippen MR) is 128 cm³/mol. The van der Waals surface area contributed by atoms with Crippen LogP contribution in [-0.2, 0) is 12.8 Å². The van der Waals surface area contributed by atoms with Gasteiger partial charge in [0.15, 0.2) is 0 Å². The van der Waals surface area contributed by atoms with Gasteiger partial charge in [-0.25, -0.2) is 4.98 Å². The van der Waals surface area contributed by atoms with Gasteiger partial charge in [0.1, 0.15) is 10.8 Å². The monoisotopic (exact) mass is 446 g/mol. The van der Waals surface area contributed by atoms with Crippen molar-refractivity contribution in [2.75, 3.05) is 13.6 Å². The molecule has 1 aliphatic carbocycles. The van der Waals surface area contributed by atoms with E-state index in [1.165, 1.54) is 32.5 Å². The Morgan fingerprint density at radius 3 is 2.81 bits per heavy atom. The summed E-state index contributed by atoms with van der Waals surface area (Å²) in [5, 5.41) is 12.0. The van der Waals surface area contributed by atoms with E-state index in [4.69, 9.17) is 16.6 Å². The molecule has 6 rings (SSSR count). The van der Waals surface area contributed by atoms with Crippen LogP contribution in [0.4, 0.5) is 0 Å². The lowest BCUT2D eigenvalue weighted by Crippen LogP contribution is -2.39. The Morgan fingerprint density at radius 2 is 1.94 bits per heavy atom. The zero-order chi connectivity index (χ0) is 21.1. The number of rotatable bonds is 1. The second-order valence-electron chi connectivity index (χ2n) is 8.68. The molecule has 0 radical (unpaired) electrons. The fourth-order valence-electron chi connectivity index (χ4n) is 5.47. The van der Waals surface area contributed by atoms with Crippen molar-refractivity contribution in [2.24, 2.45) is 0 Å². The molecule has 156 valence electrons. The van der Waals surface area contributed by atoms with E-state index in [2.05, 4.69) is 48.3 Å². The summed E-state index contributed by atoms with van der Waals surface area (Å²) in [5.74, 6) is 0.405. The summed E-state index contributed by atoms with van der Waals surface area (Å²) in [6.45, 7) is 1.00. The number of phenolic OH excluding ortho intramolecular Hbond substituents is 1. The summed E-state index contributed by atoms with van der Waals surface area (Å²) in [7, 11) is 2.23. The predicted octanol–water partition coefficient (Wildman–Crippen LogP) is 6.26. The lowest BCUT2D eigenvalue weighted by Gasteiger charge is -2.38. The van der Waals surface area contributed by atoms with Crippen LogP contribution in [0.1, 0.15) is 34.6 Å². The Hall–Kier alpha value is -2.40. The first-order chi connectivity index (χ1) is 15.1. The van der Waals surface area contributed by atoms with Crippen molar-refractivity contribution in [1.82, 2.24) is 9.88 Å². The molecule has 1 aromatic heterocycles. The minimum atomic E-state index is 0.179. The maximum Gasteiger partial charge on any atom is 0.134 e. The van der Waals surface area contributed by atoms with Crippen LogP contribution in [0, 0.1) is 0 Å². The van der Waals surface area contributed by atoms with Crippen LogP contribution in [0.25, 0.3) is 20.8 Å². The van der Waals surface area contributed by atoms with E-state index in [1.54, 1.807) is 11.3 Å². The molecule has 0 saturated carbocycles. The number of likely N-dealkylation sites (N-methyl/N-ethyl adjacent to an activating group) is 1. The molecular formula is C26H23ClN2OS. The SMILES string of the molecule is CN1CCc2cc(Cl)c(O)cc2[C@H]2c3cccc(-c4nc5ccccc5s4)c3CC[C@@H]21. The Bertz CT molecular complexity index is 1280. The number of aromatic nitrogens is 1. The van der Waals surface area contributed by atoms with E-state index in [1.807, 2.05) is 18.2 Å². The molecule has 31 heavy (non-hydrogen) atoms. The van der Waals surface area contributed by atoms with E-state index in [-0.39, 0.29) is 11.7 Å². The third-order valence-corrected chi connectivity index (χ3v) is 8.36. The van der Waals surface area contributed by atoms with Gasteiger partial charge in [-0.3, -0.25) is 0 Å². The number of phenols is 1. The van der Waals surface area contributed by atoms with Gasteiger partial charge in [0.05, 0.1) is 15.2 Å². The molecule has 0 saturated heterocycles. The summed E-state index contributed by atoms with van der Waals surface area (Å²) in [6, 6.07) is 19.3. The number of fused-ring (bicyclic) bond motifs is 6. The lowest BCUT2D eigenvalue weighted by molar-refractivity contribution is 0.214. The minimum absolute atomic E-state index is 0.179. The van der Waals surface area contributed by atoms with Crippen LogP contribution in [0.15, 0.2) is 54.6 Å². The van der Waals surface area contributed by atoms with Gasteiger partial charge in [0, 0.05) is 24.1 Å². The van der Waals surface area contributed by atoms with Crippen molar-refractivity contribution in [2.45, 2.75) is 31.2 Å². The standard InChI is InChI=1S/C26H23ClN2OS/c1-29-12-11-15-13-20(27)23(30)14-19(15)25-17-5-4-6-18(16(17)9-10-22(25)29)26-28-21-7-2-3-8-24(21)31-26/h2-8,13-14,22,25,30H,9-12H2,1H3/t22-,25+/m0/s1. The molecule has 4 aromatic rings. The van der Waals surface area contributed by atoms with Crippen molar-refractivity contribution in [1.29, 1.82) is 0 Å². The molecule has 1 N–H and O–H groups in total. The number of halogens is 1. The zero-order valence-corrected chi connectivity index (χ0v) is 18.9. The van der Waals surface area contributed by atoms with Crippen molar-refractivity contribution in [3.05, 3.63) is 81.9 Å². The van der Waals surface area contributed by atoms with E-state index >= 15 is 0 Å². The molecule has 0 fully saturated rings. The number of hydrogen-bond donors (Lipinski definition) is 1. The molecular weight excluding hydrogens is 424 g/mol. The highest BCUT2D eigenvalue weighted by atomic mass is 35.5. The smallest absolute Gasteiger partial charge is 0.134 e. The Kier molecular flexibility index (Phi) is 4.57. The molecule has 2 aliphatic rings. The third kappa shape index (κ3) is 3.08. The quantitative estimate of drug-likeness (QED) is 0.375. The van der Waals surface area contributed by atoms with Gasteiger partial charge in [-0.15, -0.1) is 11.3 Å². The Labute approximate surface area is 190 Å². The highest BCUT2D eigenvalue weighted by molar-refractivity contribution is 7.21. The van der Waals surface area contributed by atoms with E-state index < -0.39 is 0 Å². The molecule has 5 heteroatoms. The van der Waals surface area contributed by atoms with Gasteiger partial charge in [-0.2, -0.15) is 0 Å². The molecule has 0 spiro atoms. The van der Waals surface area contributed by atoms with Crippen LogP contribution in [0.3, 0.4) is 0 Å². The molecule has 0 amide bonds. The molecule has 2 atom stereocenters. The molecule has 3 nitrogen and oxygen atoms in total. The first-order valence-corrected chi connectivity index (χ1v) is 12.0. The van der Waals surface area contributed by atoms with Crippen LogP contribution in [-0.4, -0.2) is 34.6 Å². The Balaban J connectivity index is 1.55. The summed E-state index contributed by atoms with van der Waals surface area (Å²) >= 11 is 8.05. The first kappa shape index (κ1) is 19.3. The summed E-state index contributed by atoms with van der Waals surface area (Å²) in [6.07, 6.45) is 3.09. The van der Waals surface area contributed by atoms with Gasteiger partial charge in [0.25, 0.3) is 0 Å². The maximum atomic E-state index is 10.4. The largest absolute Gasteiger partial charge is 0.506 e. The maximum absolute atomic E-state index is 10.4. The number of para-hydroxylation sites is 1. The second-order valence-corrected chi connectivity index (χ2v) is 10.1. The van der Waals surface area contributed by atoms with Crippen molar-refractivity contribution >= 4 is 33.2 Å². The van der Waals surface area contributed by atoms with Crippen LogP contribution in [0.2, 0.25) is 5.02 Å². The van der Waals surface area contributed by atoms with Crippen LogP contribution in [0.5, 0.6) is 5.75 Å². The Morgan fingerprint density at radius 1 is 1.06 bits per heavy atom. The lowest BCUT2D eigenvalue weighted by atomic mass is 9.73. The van der Waals surface area contributed by atoms with E-state index in [0.717, 1.165) is 36.3 Å². The number of aromatic hydroxyl groups is 1. The molecule has 2 heterocycles. The average Bonchev–Trinajstić information content (AvgIpc) is 3.16. The summed E-state index contributed by atoms with van der Waals surface area (Å²) < 4.78 is 1.22. The first-order valence-electron chi connectivity index (χ1n) is 10.8. The van der Waals surface area contributed by atoms with Gasteiger partial charge < -0.3 is 10.0 Å². The number of thiazole rings is 1. The molecule has 0 bridgehead atoms. The number of hydrogen-bond acceptors (Lipinski definition) is 4.